The number of rotatable bonds is 3. The van der Waals surface area contributed by atoms with Gasteiger partial charge >= 0.3 is 0 Å². The zero-order valence-electron chi connectivity index (χ0n) is 27.0. The van der Waals surface area contributed by atoms with Crippen molar-refractivity contribution in [2.45, 2.75) is 116 Å². The van der Waals surface area contributed by atoms with Gasteiger partial charge in [0.1, 0.15) is 6.42 Å². The van der Waals surface area contributed by atoms with Gasteiger partial charge in [0.15, 0.2) is 5.79 Å². The van der Waals surface area contributed by atoms with Gasteiger partial charge in [-0.25, -0.2) is 0 Å². The fourth-order valence-corrected chi connectivity index (χ4v) is 12.0. The van der Waals surface area contributed by atoms with Crippen molar-refractivity contribution in [3.05, 3.63) is 0 Å². The van der Waals surface area contributed by atoms with Crippen molar-refractivity contribution in [3.8, 4) is 0 Å². The molecule has 0 bridgehead atoms. The van der Waals surface area contributed by atoms with Gasteiger partial charge in [0.25, 0.3) is 0 Å². The van der Waals surface area contributed by atoms with Crippen LogP contribution in [0.15, 0.2) is 0 Å². The molecule has 3 heterocycles. The Morgan fingerprint density at radius 2 is 1.64 bits per heavy atom. The highest BCUT2D eigenvalue weighted by Gasteiger charge is 2.69. The second-order valence-corrected chi connectivity index (χ2v) is 16.6. The molecule has 7 fully saturated rings. The van der Waals surface area contributed by atoms with Gasteiger partial charge in [0, 0.05) is 44.6 Å². The van der Waals surface area contributed by atoms with Crippen molar-refractivity contribution in [2.75, 3.05) is 39.8 Å². The summed E-state index contributed by atoms with van der Waals surface area (Å²) in [5.74, 6) is 4.39. The Morgan fingerprint density at radius 1 is 0.881 bits per heavy atom. The van der Waals surface area contributed by atoms with Crippen molar-refractivity contribution in [1.82, 2.24) is 15.1 Å². The van der Waals surface area contributed by atoms with Crippen LogP contribution in [0.4, 0.5) is 0 Å². The maximum absolute atomic E-state index is 12.9. The first-order valence-electron chi connectivity index (χ1n) is 17.6. The van der Waals surface area contributed by atoms with E-state index in [4.69, 9.17) is 9.47 Å². The quantitative estimate of drug-likeness (QED) is 0.469. The third-order valence-corrected chi connectivity index (χ3v) is 14.5. The van der Waals surface area contributed by atoms with E-state index in [1.54, 1.807) is 0 Å². The highest BCUT2D eigenvalue weighted by Crippen LogP contribution is 2.71. The molecule has 12 atom stereocenters. The largest absolute Gasteiger partial charge is 0.353 e. The Kier molecular flexibility index (Phi) is 7.54. The Labute approximate surface area is 254 Å². The Hall–Kier alpha value is -1.18. The molecule has 1 N–H and O–H groups in total. The summed E-state index contributed by atoms with van der Waals surface area (Å²) in [4.78, 5) is 29.7. The maximum atomic E-state index is 12.9. The van der Waals surface area contributed by atoms with Gasteiger partial charge in [-0.15, -0.1) is 0 Å². The lowest BCUT2D eigenvalue weighted by Gasteiger charge is -2.61. The van der Waals surface area contributed by atoms with Gasteiger partial charge in [-0.05, 0) is 111 Å². The summed E-state index contributed by atoms with van der Waals surface area (Å²) in [5, 5.41) is 3.30. The minimum absolute atomic E-state index is 0.00128. The van der Waals surface area contributed by atoms with Gasteiger partial charge in [-0.1, -0.05) is 27.7 Å². The number of nitrogens with one attached hydrogen (secondary N) is 1. The molecule has 0 unspecified atom stereocenters. The van der Waals surface area contributed by atoms with Crippen LogP contribution in [0.1, 0.15) is 98.3 Å². The average Bonchev–Trinajstić information content (AvgIpc) is 3.40. The van der Waals surface area contributed by atoms with Crippen molar-refractivity contribution >= 4 is 11.8 Å². The van der Waals surface area contributed by atoms with Gasteiger partial charge in [0.05, 0.1) is 12.7 Å². The number of ether oxygens (including phenoxy) is 2. The Balaban J connectivity index is 0.971. The average molecular weight is 584 g/mol. The smallest absolute Gasteiger partial charge is 0.232 e. The molecule has 4 aliphatic carbocycles. The molecule has 7 nitrogen and oxygen atoms in total. The Bertz CT molecular complexity index is 1050. The molecule has 7 aliphatic rings. The molecular weight excluding hydrogens is 526 g/mol. The number of amides is 2. The molecule has 3 aliphatic heterocycles. The predicted octanol–water partition coefficient (Wildman–Crippen LogP) is 5.08. The van der Waals surface area contributed by atoms with E-state index in [9.17, 15) is 9.59 Å². The molecule has 4 saturated carbocycles. The first-order valence-corrected chi connectivity index (χ1v) is 17.6. The minimum Gasteiger partial charge on any atom is -0.353 e. The van der Waals surface area contributed by atoms with Crippen LogP contribution >= 0.6 is 0 Å². The van der Waals surface area contributed by atoms with E-state index in [0.717, 1.165) is 69.8 Å². The van der Waals surface area contributed by atoms with E-state index in [0.29, 0.717) is 40.6 Å². The van der Waals surface area contributed by atoms with Crippen molar-refractivity contribution in [2.24, 2.45) is 52.3 Å². The third kappa shape index (κ3) is 4.69. The van der Waals surface area contributed by atoms with Gasteiger partial charge < -0.3 is 24.6 Å². The monoisotopic (exact) mass is 583 g/mol. The SMILES string of the molecule is C[C@H]1CC[C@@]2(OC1)O[C@H]1C[C@H]3[C@@H]4CC[C@@H]5C[C@H](NC(=O)CC(=O)N6CCN(C)CC6)CC[C@]5(C)[C@H]4CC[C@]3(C)[C@H]1[C@@H]2C. The third-order valence-electron chi connectivity index (χ3n) is 14.5. The van der Waals surface area contributed by atoms with Crippen LogP contribution in [0, 0.1) is 52.3 Å². The van der Waals surface area contributed by atoms with Gasteiger partial charge in [-0.2, -0.15) is 0 Å². The number of carbonyl (C=O) groups excluding carboxylic acids is 2. The summed E-state index contributed by atoms with van der Waals surface area (Å²) in [6.45, 7) is 14.1. The number of piperazine rings is 1. The van der Waals surface area contributed by atoms with E-state index in [2.05, 4.69) is 45.0 Å². The van der Waals surface area contributed by atoms with Crippen LogP contribution in [0.25, 0.3) is 0 Å². The molecule has 7 heteroatoms. The first-order chi connectivity index (χ1) is 20.0. The van der Waals surface area contributed by atoms with Crippen molar-refractivity contribution < 1.29 is 19.1 Å². The number of fused-ring (bicyclic) bond motifs is 7. The number of carbonyl (C=O) groups is 2. The molecule has 2 amide bonds. The summed E-state index contributed by atoms with van der Waals surface area (Å²) < 4.78 is 13.5. The molecular formula is C35H57N3O4. The van der Waals surface area contributed by atoms with Gasteiger partial charge in [0.2, 0.25) is 11.8 Å². The summed E-state index contributed by atoms with van der Waals surface area (Å²) in [5.41, 5.74) is 0.737. The van der Waals surface area contributed by atoms with E-state index >= 15 is 0 Å². The summed E-state index contributed by atoms with van der Waals surface area (Å²) in [7, 11) is 2.08. The highest BCUT2D eigenvalue weighted by molar-refractivity contribution is 5.97. The van der Waals surface area contributed by atoms with Crippen LogP contribution < -0.4 is 5.32 Å². The number of hydrogen-bond acceptors (Lipinski definition) is 5. The molecule has 1 spiro atoms. The molecule has 236 valence electrons. The number of likely N-dealkylation sites (N-methyl/N-ethyl adjacent to an activating group) is 1. The lowest BCUT2D eigenvalue weighted by Crippen LogP contribution is -2.56. The summed E-state index contributed by atoms with van der Waals surface area (Å²) in [6.07, 6.45) is 12.5. The topological polar surface area (TPSA) is 71.1 Å². The molecule has 0 aromatic heterocycles. The van der Waals surface area contributed by atoms with Crippen LogP contribution in [-0.2, 0) is 19.1 Å². The lowest BCUT2D eigenvalue weighted by atomic mass is 9.44. The van der Waals surface area contributed by atoms with Crippen LogP contribution in [0.2, 0.25) is 0 Å². The molecule has 0 aromatic rings. The zero-order valence-corrected chi connectivity index (χ0v) is 27.0. The minimum atomic E-state index is -0.325. The van der Waals surface area contributed by atoms with E-state index < -0.39 is 0 Å². The molecule has 42 heavy (non-hydrogen) atoms. The second-order valence-electron chi connectivity index (χ2n) is 16.6. The molecule has 0 radical (unpaired) electrons. The number of nitrogens with zero attached hydrogens (tertiary/aromatic N) is 2. The fourth-order valence-electron chi connectivity index (χ4n) is 12.0. The van der Waals surface area contributed by atoms with Crippen molar-refractivity contribution in [3.63, 3.8) is 0 Å². The maximum Gasteiger partial charge on any atom is 0.232 e. The molecule has 3 saturated heterocycles. The first kappa shape index (κ1) is 29.5. The van der Waals surface area contributed by atoms with E-state index in [-0.39, 0.29) is 30.1 Å². The number of hydrogen-bond donors (Lipinski definition) is 1. The van der Waals surface area contributed by atoms with Crippen LogP contribution in [0.5, 0.6) is 0 Å². The lowest BCUT2D eigenvalue weighted by molar-refractivity contribution is -0.273. The standard InChI is InChI=1S/C35H57N3O4/c1-22-8-13-35(41-21-22)23(2)32-29(42-35)19-28-26-7-6-24-18-25(9-11-33(24,3)27(26)10-12-34(28,32)4)36-30(39)20-31(40)38-16-14-37(5)15-17-38/h22-29,32H,6-21H2,1-5H3,(H,36,39)/t22-,23-,24+,25+,26+,27-,28-,29-,32-,33-,34-,35+/m0/s1. The van der Waals surface area contributed by atoms with Crippen LogP contribution in [0.3, 0.4) is 0 Å². The second kappa shape index (κ2) is 10.7. The van der Waals surface area contributed by atoms with Gasteiger partial charge in [-0.3, -0.25) is 9.59 Å². The predicted molar refractivity (Wildman–Crippen MR) is 162 cm³/mol. The van der Waals surface area contributed by atoms with Crippen molar-refractivity contribution in [1.29, 1.82) is 0 Å². The van der Waals surface area contributed by atoms with Crippen LogP contribution in [-0.4, -0.2) is 79.4 Å². The highest BCUT2D eigenvalue weighted by atomic mass is 16.7. The summed E-state index contributed by atoms with van der Waals surface area (Å²) >= 11 is 0. The van der Waals surface area contributed by atoms with E-state index in [1.165, 1.54) is 44.9 Å². The van der Waals surface area contributed by atoms with E-state index in [1.807, 2.05) is 4.90 Å². The Morgan fingerprint density at radius 3 is 2.38 bits per heavy atom. The normalized spacial score (nSPS) is 50.5. The zero-order chi connectivity index (χ0) is 29.4. The fraction of sp³-hybridized carbons (Fsp3) is 0.943. The molecule has 7 rings (SSSR count). The molecule has 0 aromatic carbocycles. The summed E-state index contributed by atoms with van der Waals surface area (Å²) in [6, 6.07) is 0.218.